The van der Waals surface area contributed by atoms with Crippen LogP contribution in [0.4, 0.5) is 5.69 Å². The van der Waals surface area contributed by atoms with E-state index in [1.54, 1.807) is 31.2 Å². The van der Waals surface area contributed by atoms with Crippen molar-refractivity contribution >= 4 is 23.0 Å². The normalized spacial score (nSPS) is 12.2. The summed E-state index contributed by atoms with van der Waals surface area (Å²) >= 11 is 5.83. The highest BCUT2D eigenvalue weighted by atomic mass is 35.5. The van der Waals surface area contributed by atoms with Crippen molar-refractivity contribution in [3.8, 4) is 0 Å². The molecular formula is C10H10ClNO. The minimum atomic E-state index is 0.443. The van der Waals surface area contributed by atoms with Crippen molar-refractivity contribution < 1.29 is 4.74 Å². The van der Waals surface area contributed by atoms with E-state index < -0.39 is 0 Å². The van der Waals surface area contributed by atoms with Crippen molar-refractivity contribution in [1.82, 2.24) is 0 Å². The molecule has 1 rings (SSSR count). The summed E-state index contributed by atoms with van der Waals surface area (Å²) in [6, 6.07) is 6.89. The van der Waals surface area contributed by atoms with Crippen molar-refractivity contribution in [3.63, 3.8) is 0 Å². The highest BCUT2D eigenvalue weighted by molar-refractivity contribution is 6.32. The van der Waals surface area contributed by atoms with Crippen LogP contribution in [0.3, 0.4) is 0 Å². The Morgan fingerprint density at radius 2 is 2.15 bits per heavy atom. The molecule has 3 heteroatoms. The molecule has 0 spiro atoms. The van der Waals surface area contributed by atoms with Gasteiger partial charge in [0.1, 0.15) is 5.02 Å². The zero-order valence-electron chi connectivity index (χ0n) is 7.33. The lowest BCUT2D eigenvalue weighted by atomic mass is 10.3. The van der Waals surface area contributed by atoms with Crippen LogP contribution in [0, 0.1) is 5.21 Å². The first kappa shape index (κ1) is 9.81. The third-order valence-electron chi connectivity index (χ3n) is 1.69. The van der Waals surface area contributed by atoms with Gasteiger partial charge >= 0.3 is 0 Å². The number of hydrogen-bond acceptors (Lipinski definition) is 1. The van der Waals surface area contributed by atoms with Gasteiger partial charge in [-0.15, -0.1) is 0 Å². The molecule has 0 aromatic heterocycles. The van der Waals surface area contributed by atoms with E-state index in [1.165, 1.54) is 6.08 Å². The van der Waals surface area contributed by atoms with Gasteiger partial charge in [0.25, 0.3) is 0 Å². The second-order valence-electron chi connectivity index (χ2n) is 2.59. The Hall–Kier alpha value is -1.28. The molecule has 0 unspecified atom stereocenters. The Labute approximate surface area is 82.4 Å². The van der Waals surface area contributed by atoms with Crippen LogP contribution in [-0.4, -0.2) is 10.5 Å². The predicted octanol–water partition coefficient (Wildman–Crippen LogP) is 3.13. The van der Waals surface area contributed by atoms with Gasteiger partial charge in [0, 0.05) is 13.0 Å². The number of benzene rings is 1. The van der Waals surface area contributed by atoms with E-state index >= 15 is 0 Å². The van der Waals surface area contributed by atoms with Crippen LogP contribution in [0.1, 0.15) is 6.92 Å². The fourth-order valence-electron chi connectivity index (χ4n) is 0.889. The lowest BCUT2D eigenvalue weighted by molar-refractivity contribution is -0.360. The minimum Gasteiger partial charge on any atom is -0.618 e. The lowest BCUT2D eigenvalue weighted by Crippen LogP contribution is -2.04. The third-order valence-corrected chi connectivity index (χ3v) is 2.01. The highest BCUT2D eigenvalue weighted by Gasteiger charge is 2.08. The lowest BCUT2D eigenvalue weighted by Gasteiger charge is -2.05. The number of nitrogens with zero attached hydrogens (tertiary/aromatic N) is 1. The van der Waals surface area contributed by atoms with Gasteiger partial charge in [-0.3, -0.25) is 0 Å². The van der Waals surface area contributed by atoms with Crippen molar-refractivity contribution in [2.75, 3.05) is 0 Å². The standard InChI is InChI=1S/C10H10ClNO/c1-3-8(2)12(13)10-7-5-4-6-9(10)11/h3-7H,1H2,2H3/b12-8-. The van der Waals surface area contributed by atoms with Gasteiger partial charge in [0.15, 0.2) is 5.71 Å². The molecule has 2 nitrogen and oxygen atoms in total. The summed E-state index contributed by atoms with van der Waals surface area (Å²) in [4.78, 5) is 0. The highest BCUT2D eigenvalue weighted by Crippen LogP contribution is 2.23. The second kappa shape index (κ2) is 4.10. The van der Waals surface area contributed by atoms with Crippen LogP contribution in [0.5, 0.6) is 0 Å². The number of rotatable bonds is 2. The summed E-state index contributed by atoms with van der Waals surface area (Å²) in [5, 5.41) is 12.0. The molecule has 1 aromatic rings. The van der Waals surface area contributed by atoms with Gasteiger partial charge in [-0.1, -0.05) is 30.3 Å². The molecule has 1 aromatic carbocycles. The first-order valence-corrected chi connectivity index (χ1v) is 4.22. The van der Waals surface area contributed by atoms with E-state index in [1.807, 2.05) is 0 Å². The fraction of sp³-hybridized carbons (Fsp3) is 0.100. The van der Waals surface area contributed by atoms with Crippen LogP contribution in [-0.2, 0) is 0 Å². The molecule has 0 bridgehead atoms. The molecule has 0 saturated heterocycles. The van der Waals surface area contributed by atoms with Crippen LogP contribution >= 0.6 is 11.6 Å². The number of para-hydroxylation sites is 1. The van der Waals surface area contributed by atoms with Gasteiger partial charge < -0.3 is 5.21 Å². The molecule has 0 N–H and O–H groups in total. The monoisotopic (exact) mass is 195 g/mol. The maximum atomic E-state index is 11.5. The molecule has 0 atom stereocenters. The average molecular weight is 196 g/mol. The van der Waals surface area contributed by atoms with E-state index in [9.17, 15) is 5.21 Å². The molecule has 68 valence electrons. The van der Waals surface area contributed by atoms with Crippen LogP contribution in [0.15, 0.2) is 36.9 Å². The summed E-state index contributed by atoms with van der Waals surface area (Å²) in [6.07, 6.45) is 1.50. The molecule has 0 heterocycles. The van der Waals surface area contributed by atoms with Gasteiger partial charge in [-0.05, 0) is 12.1 Å². The molecule has 13 heavy (non-hydrogen) atoms. The Bertz CT molecular complexity index is 358. The maximum Gasteiger partial charge on any atom is 0.235 e. The average Bonchev–Trinajstić information content (AvgIpc) is 2.16. The van der Waals surface area contributed by atoms with Crippen LogP contribution in [0.2, 0.25) is 5.02 Å². The molecular weight excluding hydrogens is 186 g/mol. The molecule has 0 radical (unpaired) electrons. The first-order chi connectivity index (χ1) is 6.16. The van der Waals surface area contributed by atoms with Crippen molar-refractivity contribution in [1.29, 1.82) is 0 Å². The molecule has 0 saturated carbocycles. The summed E-state index contributed by atoms with van der Waals surface area (Å²) in [6.45, 7) is 5.20. The number of allylic oxidation sites excluding steroid dienone is 1. The Balaban J connectivity index is 3.23. The number of hydrogen-bond donors (Lipinski definition) is 0. The zero-order valence-corrected chi connectivity index (χ0v) is 8.08. The van der Waals surface area contributed by atoms with Crippen molar-refractivity contribution in [2.45, 2.75) is 6.92 Å². The molecule has 0 fully saturated rings. The van der Waals surface area contributed by atoms with E-state index in [0.29, 0.717) is 16.4 Å². The topological polar surface area (TPSA) is 26.1 Å². The molecule has 0 aliphatic rings. The quantitative estimate of drug-likeness (QED) is 0.308. The van der Waals surface area contributed by atoms with Crippen molar-refractivity contribution in [2.24, 2.45) is 0 Å². The Morgan fingerprint density at radius 3 is 2.69 bits per heavy atom. The van der Waals surface area contributed by atoms with E-state index in [0.717, 1.165) is 4.74 Å². The summed E-state index contributed by atoms with van der Waals surface area (Å²) in [5.41, 5.74) is 0.967. The van der Waals surface area contributed by atoms with E-state index in [2.05, 4.69) is 6.58 Å². The SMILES string of the molecule is C=C/C(C)=[N+](\[O-])c1ccccc1Cl. The first-order valence-electron chi connectivity index (χ1n) is 3.84. The van der Waals surface area contributed by atoms with Gasteiger partial charge in [-0.25, -0.2) is 0 Å². The molecule has 0 aliphatic heterocycles. The zero-order chi connectivity index (χ0) is 9.84. The van der Waals surface area contributed by atoms with E-state index in [4.69, 9.17) is 11.6 Å². The minimum absolute atomic E-state index is 0.443. The van der Waals surface area contributed by atoms with Gasteiger partial charge in [-0.2, -0.15) is 4.74 Å². The summed E-state index contributed by atoms with van der Waals surface area (Å²) < 4.78 is 0.759. The van der Waals surface area contributed by atoms with Crippen LogP contribution < -0.4 is 0 Å². The predicted molar refractivity (Wildman–Crippen MR) is 55.6 cm³/mol. The van der Waals surface area contributed by atoms with Gasteiger partial charge in [0.05, 0.1) is 0 Å². The molecule has 0 aliphatic carbocycles. The van der Waals surface area contributed by atoms with E-state index in [-0.39, 0.29) is 0 Å². The Morgan fingerprint density at radius 1 is 1.54 bits per heavy atom. The van der Waals surface area contributed by atoms with Gasteiger partial charge in [0.2, 0.25) is 5.69 Å². The summed E-state index contributed by atoms with van der Waals surface area (Å²) in [5.74, 6) is 0. The third kappa shape index (κ3) is 2.10. The largest absolute Gasteiger partial charge is 0.618 e. The van der Waals surface area contributed by atoms with Crippen molar-refractivity contribution in [3.05, 3.63) is 47.2 Å². The number of halogens is 1. The fourth-order valence-corrected chi connectivity index (χ4v) is 1.10. The maximum absolute atomic E-state index is 11.5. The Kier molecular flexibility index (Phi) is 3.09. The summed E-state index contributed by atoms with van der Waals surface area (Å²) in [7, 11) is 0. The van der Waals surface area contributed by atoms with Crippen LogP contribution in [0.25, 0.3) is 0 Å². The molecule has 0 amide bonds. The second-order valence-corrected chi connectivity index (χ2v) is 3.00. The smallest absolute Gasteiger partial charge is 0.235 e.